The number of fused-ring (bicyclic) bond motifs is 1. The molecule has 0 amide bonds. The molecule has 1 N–H and O–H groups in total. The number of benzene rings is 2. The number of nitrogens with one attached hydrogen (secondary N) is 1. The molecule has 2 aromatic carbocycles. The molecule has 136 valence electrons. The van der Waals surface area contributed by atoms with Gasteiger partial charge in [-0.25, -0.2) is 4.98 Å². The lowest BCUT2D eigenvalue weighted by atomic mass is 10.0. The van der Waals surface area contributed by atoms with E-state index in [1.54, 1.807) is 12.1 Å². The van der Waals surface area contributed by atoms with Gasteiger partial charge in [0, 0.05) is 31.9 Å². The van der Waals surface area contributed by atoms with Crippen LogP contribution in [0.15, 0.2) is 47.3 Å². The van der Waals surface area contributed by atoms with Crippen molar-refractivity contribution in [3.63, 3.8) is 0 Å². The Balaban J connectivity index is 1.81. The Morgan fingerprint density at radius 2 is 1.74 bits per heavy atom. The van der Waals surface area contributed by atoms with Crippen LogP contribution in [-0.4, -0.2) is 9.97 Å². The van der Waals surface area contributed by atoms with Gasteiger partial charge in [-0.2, -0.15) is 0 Å². The molecule has 0 saturated carbocycles. The Labute approximate surface area is 174 Å². The van der Waals surface area contributed by atoms with Crippen molar-refractivity contribution < 1.29 is 0 Å². The van der Waals surface area contributed by atoms with Crippen molar-refractivity contribution in [3.8, 4) is 11.1 Å². The van der Waals surface area contributed by atoms with Crippen LogP contribution in [0, 0.1) is 6.92 Å². The van der Waals surface area contributed by atoms with Crippen LogP contribution < -0.4 is 5.56 Å². The Bertz CT molecular complexity index is 1210. The first kappa shape index (κ1) is 18.5. The zero-order chi connectivity index (χ0) is 19.1. The first-order valence-electron chi connectivity index (χ1n) is 8.14. The highest BCUT2D eigenvalue weighted by atomic mass is 35.5. The normalized spacial score (nSPS) is 11.3. The molecule has 0 fully saturated rings. The number of aromatic nitrogens is 2. The van der Waals surface area contributed by atoms with E-state index >= 15 is 0 Å². The van der Waals surface area contributed by atoms with Crippen LogP contribution in [0.25, 0.3) is 21.3 Å². The molecule has 2 heterocycles. The minimum absolute atomic E-state index is 0.158. The molecule has 0 atom stereocenters. The van der Waals surface area contributed by atoms with Gasteiger partial charge in [0.05, 0.1) is 5.39 Å². The molecule has 0 unspecified atom stereocenters. The van der Waals surface area contributed by atoms with Crippen LogP contribution in [0.1, 0.15) is 16.3 Å². The lowest BCUT2D eigenvalue weighted by Crippen LogP contribution is -2.12. The van der Waals surface area contributed by atoms with Crippen molar-refractivity contribution in [2.75, 3.05) is 0 Å². The van der Waals surface area contributed by atoms with Crippen molar-refractivity contribution in [3.05, 3.63) is 84.2 Å². The van der Waals surface area contributed by atoms with Gasteiger partial charge in [0.2, 0.25) is 0 Å². The summed E-state index contributed by atoms with van der Waals surface area (Å²) in [4.78, 5) is 22.1. The largest absolute Gasteiger partial charge is 0.310 e. The Kier molecular flexibility index (Phi) is 4.99. The van der Waals surface area contributed by atoms with Gasteiger partial charge in [0.1, 0.15) is 10.7 Å². The Morgan fingerprint density at radius 3 is 2.44 bits per heavy atom. The monoisotopic (exact) mass is 434 g/mol. The van der Waals surface area contributed by atoms with E-state index in [4.69, 9.17) is 34.8 Å². The van der Waals surface area contributed by atoms with Crippen molar-refractivity contribution in [2.45, 2.75) is 13.3 Å². The van der Waals surface area contributed by atoms with E-state index in [2.05, 4.69) is 9.97 Å². The first-order valence-corrected chi connectivity index (χ1v) is 10.1. The number of hydrogen-bond acceptors (Lipinski definition) is 3. The second-order valence-electron chi connectivity index (χ2n) is 6.15. The van der Waals surface area contributed by atoms with Crippen LogP contribution in [0.3, 0.4) is 0 Å². The van der Waals surface area contributed by atoms with Gasteiger partial charge in [-0.05, 0) is 42.3 Å². The van der Waals surface area contributed by atoms with Gasteiger partial charge in [0.25, 0.3) is 5.56 Å². The molecule has 3 nitrogen and oxygen atoms in total. The van der Waals surface area contributed by atoms with Crippen molar-refractivity contribution >= 4 is 56.4 Å². The molecule has 0 aliphatic heterocycles. The fourth-order valence-corrected chi connectivity index (χ4v) is 4.72. The zero-order valence-corrected chi connectivity index (χ0v) is 17.2. The summed E-state index contributed by atoms with van der Waals surface area (Å²) in [5.74, 6) is 0.570. The summed E-state index contributed by atoms with van der Waals surface area (Å²) in [5.41, 5.74) is 2.55. The van der Waals surface area contributed by atoms with Crippen LogP contribution in [0.5, 0.6) is 0 Å². The van der Waals surface area contributed by atoms with Gasteiger partial charge in [-0.1, -0.05) is 53.0 Å². The average molecular weight is 436 g/mol. The molecule has 0 saturated heterocycles. The van der Waals surface area contributed by atoms with Crippen molar-refractivity contribution in [1.82, 2.24) is 9.97 Å². The number of aryl methyl sites for hydroxylation is 1. The summed E-state index contributed by atoms with van der Waals surface area (Å²) in [6.45, 7) is 1.99. The van der Waals surface area contributed by atoms with Crippen LogP contribution in [-0.2, 0) is 6.42 Å². The summed E-state index contributed by atoms with van der Waals surface area (Å²) in [6, 6.07) is 12.8. The molecular formula is C20H13Cl3N2OS. The zero-order valence-electron chi connectivity index (χ0n) is 14.1. The predicted molar refractivity (Wildman–Crippen MR) is 115 cm³/mol. The summed E-state index contributed by atoms with van der Waals surface area (Å²) < 4.78 is 0. The summed E-state index contributed by atoms with van der Waals surface area (Å²) in [6.07, 6.45) is 0.425. The molecule has 2 aromatic heterocycles. The maximum Gasteiger partial charge on any atom is 0.260 e. The second kappa shape index (κ2) is 7.28. The summed E-state index contributed by atoms with van der Waals surface area (Å²) in [5, 5.41) is 2.38. The molecule has 4 rings (SSSR count). The lowest BCUT2D eigenvalue weighted by molar-refractivity contribution is 0.977. The summed E-state index contributed by atoms with van der Waals surface area (Å²) in [7, 11) is 0. The third-order valence-corrected chi connectivity index (χ3v) is 6.13. The number of halogens is 3. The molecule has 4 aromatic rings. The highest BCUT2D eigenvalue weighted by molar-refractivity contribution is 7.19. The van der Waals surface area contributed by atoms with Crippen molar-refractivity contribution in [2.24, 2.45) is 0 Å². The fourth-order valence-electron chi connectivity index (χ4n) is 3.06. The number of hydrogen-bond donors (Lipinski definition) is 1. The van der Waals surface area contributed by atoms with Crippen LogP contribution in [0.2, 0.25) is 15.1 Å². The lowest BCUT2D eigenvalue weighted by Gasteiger charge is -2.05. The predicted octanol–water partition coefficient (Wildman–Crippen LogP) is 6.51. The van der Waals surface area contributed by atoms with Crippen molar-refractivity contribution in [1.29, 1.82) is 0 Å². The smallest absolute Gasteiger partial charge is 0.260 e. The molecular weight excluding hydrogens is 423 g/mol. The Morgan fingerprint density at radius 1 is 1.04 bits per heavy atom. The first-order chi connectivity index (χ1) is 12.9. The van der Waals surface area contributed by atoms with Crippen LogP contribution >= 0.6 is 46.1 Å². The number of aromatic amines is 1. The van der Waals surface area contributed by atoms with E-state index in [1.165, 1.54) is 11.3 Å². The van der Waals surface area contributed by atoms with Gasteiger partial charge in [0.15, 0.2) is 0 Å². The van der Waals surface area contributed by atoms with Crippen LogP contribution in [0.4, 0.5) is 0 Å². The SMILES string of the molecule is Cc1sc2nc(Cc3ccc(Cl)cc3Cl)[nH]c(=O)c2c1-c1ccc(Cl)cc1. The van der Waals surface area contributed by atoms with E-state index in [0.717, 1.165) is 21.6 Å². The summed E-state index contributed by atoms with van der Waals surface area (Å²) >= 11 is 19.7. The fraction of sp³-hybridized carbons (Fsp3) is 0.100. The van der Waals surface area contributed by atoms with E-state index in [1.807, 2.05) is 37.3 Å². The number of thiophene rings is 1. The number of nitrogens with zero attached hydrogens (tertiary/aromatic N) is 1. The molecule has 0 spiro atoms. The molecule has 0 aliphatic carbocycles. The second-order valence-corrected chi connectivity index (χ2v) is 8.63. The molecule has 0 aliphatic rings. The highest BCUT2D eigenvalue weighted by Crippen LogP contribution is 2.36. The molecule has 27 heavy (non-hydrogen) atoms. The van der Waals surface area contributed by atoms with E-state index in [0.29, 0.717) is 37.5 Å². The third-order valence-electron chi connectivity index (χ3n) is 4.29. The van der Waals surface area contributed by atoms with Gasteiger partial charge < -0.3 is 4.98 Å². The molecule has 0 bridgehead atoms. The average Bonchev–Trinajstić information content (AvgIpc) is 2.95. The minimum Gasteiger partial charge on any atom is -0.310 e. The molecule has 0 radical (unpaired) electrons. The van der Waals surface area contributed by atoms with E-state index < -0.39 is 0 Å². The number of rotatable bonds is 3. The maximum atomic E-state index is 12.8. The Hall–Kier alpha value is -1.85. The number of H-pyrrole nitrogens is 1. The minimum atomic E-state index is -0.158. The van der Waals surface area contributed by atoms with E-state index in [-0.39, 0.29) is 5.56 Å². The van der Waals surface area contributed by atoms with E-state index in [9.17, 15) is 4.79 Å². The topological polar surface area (TPSA) is 45.8 Å². The quantitative estimate of drug-likeness (QED) is 0.398. The highest BCUT2D eigenvalue weighted by Gasteiger charge is 2.17. The van der Waals surface area contributed by atoms with Gasteiger partial charge >= 0.3 is 0 Å². The molecule has 7 heteroatoms. The van der Waals surface area contributed by atoms with Gasteiger partial charge in [-0.3, -0.25) is 4.79 Å². The maximum absolute atomic E-state index is 12.8. The standard InChI is InChI=1S/C20H13Cl3N2OS/c1-10-17(11-2-5-13(21)6-3-11)18-19(26)24-16(25-20(18)27-10)8-12-4-7-14(22)9-15(12)23/h2-7,9H,8H2,1H3,(H,24,25,26). The van der Waals surface area contributed by atoms with Gasteiger partial charge in [-0.15, -0.1) is 11.3 Å². The third kappa shape index (κ3) is 3.63.